The van der Waals surface area contributed by atoms with E-state index in [0.29, 0.717) is 18.1 Å². The number of hydrogen-bond donors (Lipinski definition) is 1. The van der Waals surface area contributed by atoms with Crippen LogP contribution in [0.15, 0.2) is 40.6 Å². The van der Waals surface area contributed by atoms with Gasteiger partial charge in [-0.3, -0.25) is 4.79 Å². The van der Waals surface area contributed by atoms with Crippen LogP contribution in [-0.4, -0.2) is 44.9 Å². The highest BCUT2D eigenvalue weighted by Gasteiger charge is 2.33. The molecule has 0 atom stereocenters. The third-order valence-electron chi connectivity index (χ3n) is 4.36. The minimum Gasteiger partial charge on any atom is -0.379 e. The predicted octanol–water partition coefficient (Wildman–Crippen LogP) is 3.77. The topological polar surface area (TPSA) is 75.7 Å². The fourth-order valence-electron chi connectivity index (χ4n) is 2.77. The molecule has 1 N–H and O–H groups in total. The van der Waals surface area contributed by atoms with E-state index in [2.05, 4.69) is 5.32 Å². The van der Waals surface area contributed by atoms with Gasteiger partial charge in [0, 0.05) is 24.0 Å². The van der Waals surface area contributed by atoms with Crippen molar-refractivity contribution in [2.24, 2.45) is 0 Å². The van der Waals surface area contributed by atoms with Crippen LogP contribution in [-0.2, 0) is 32.3 Å². The fraction of sp³-hybridized carbons (Fsp3) is 0.316. The molecule has 0 spiro atoms. The number of ether oxygens (including phenoxy) is 1. The minimum atomic E-state index is -4.60. The number of alkyl halides is 3. The lowest BCUT2D eigenvalue weighted by Gasteiger charge is -2.25. The van der Waals surface area contributed by atoms with Crippen molar-refractivity contribution in [2.45, 2.75) is 16.9 Å². The number of thiophene rings is 1. The van der Waals surface area contributed by atoms with Crippen LogP contribution < -0.4 is 5.32 Å². The zero-order chi connectivity index (χ0) is 22.6. The molecule has 1 fully saturated rings. The third kappa shape index (κ3) is 6.07. The van der Waals surface area contributed by atoms with Crippen LogP contribution in [0, 0.1) is 0 Å². The Morgan fingerprint density at radius 2 is 1.94 bits per heavy atom. The maximum absolute atomic E-state index is 12.9. The van der Waals surface area contributed by atoms with E-state index in [4.69, 9.17) is 16.3 Å². The van der Waals surface area contributed by atoms with Crippen LogP contribution in [0.3, 0.4) is 0 Å². The maximum atomic E-state index is 12.9. The van der Waals surface area contributed by atoms with Crippen molar-refractivity contribution in [3.63, 3.8) is 0 Å². The highest BCUT2D eigenvalue weighted by atomic mass is 35.5. The average Bonchev–Trinajstić information content (AvgIpc) is 3.21. The molecular formula is C19H18ClF3N2O4S2. The molecule has 12 heteroatoms. The molecule has 6 nitrogen and oxygen atoms in total. The van der Waals surface area contributed by atoms with Crippen molar-refractivity contribution in [3.8, 4) is 0 Å². The first-order valence-corrected chi connectivity index (χ1v) is 11.7. The number of halogens is 4. The van der Waals surface area contributed by atoms with Gasteiger partial charge in [0.2, 0.25) is 5.91 Å². The van der Waals surface area contributed by atoms with Gasteiger partial charge in [0.1, 0.15) is 4.21 Å². The SMILES string of the molecule is O=C(/C=C/c1ccc(Cl)c(C(F)(F)F)c1)NCc1ccc(S(=O)(=O)N2CCOCC2)s1. The van der Waals surface area contributed by atoms with E-state index in [0.717, 1.165) is 29.5 Å². The van der Waals surface area contributed by atoms with Gasteiger partial charge in [-0.15, -0.1) is 11.3 Å². The molecule has 1 aliphatic rings. The van der Waals surface area contributed by atoms with Crippen LogP contribution in [0.5, 0.6) is 0 Å². The van der Waals surface area contributed by atoms with Gasteiger partial charge in [-0.05, 0) is 35.9 Å². The van der Waals surface area contributed by atoms with Gasteiger partial charge in [-0.2, -0.15) is 17.5 Å². The zero-order valence-electron chi connectivity index (χ0n) is 16.0. The number of nitrogens with zero attached hydrogens (tertiary/aromatic N) is 1. The van der Waals surface area contributed by atoms with Crippen LogP contribution >= 0.6 is 22.9 Å². The van der Waals surface area contributed by atoms with Crippen LogP contribution in [0.2, 0.25) is 5.02 Å². The highest BCUT2D eigenvalue weighted by Crippen LogP contribution is 2.35. The Morgan fingerprint density at radius 1 is 1.23 bits per heavy atom. The van der Waals surface area contributed by atoms with Crippen molar-refractivity contribution >= 4 is 44.9 Å². The quantitative estimate of drug-likeness (QED) is 0.620. The number of nitrogens with one attached hydrogen (secondary N) is 1. The summed E-state index contributed by atoms with van der Waals surface area (Å²) in [5, 5.41) is 2.16. The Bertz CT molecular complexity index is 1080. The summed E-state index contributed by atoms with van der Waals surface area (Å²) < 4.78 is 70.6. The summed E-state index contributed by atoms with van der Waals surface area (Å²) in [6, 6.07) is 6.43. The van der Waals surface area contributed by atoms with Gasteiger partial charge < -0.3 is 10.1 Å². The summed E-state index contributed by atoms with van der Waals surface area (Å²) >= 11 is 6.62. The summed E-state index contributed by atoms with van der Waals surface area (Å²) in [5.41, 5.74) is -0.814. The first kappa shape index (κ1) is 23.7. The maximum Gasteiger partial charge on any atom is 0.417 e. The zero-order valence-corrected chi connectivity index (χ0v) is 18.4. The average molecular weight is 495 g/mol. The second kappa shape index (κ2) is 9.70. The molecule has 1 aromatic carbocycles. The molecule has 2 aromatic rings. The van der Waals surface area contributed by atoms with Gasteiger partial charge in [-0.1, -0.05) is 17.7 Å². The van der Waals surface area contributed by atoms with E-state index in [1.807, 2.05) is 0 Å². The van der Waals surface area contributed by atoms with Crippen LogP contribution in [0.25, 0.3) is 6.08 Å². The van der Waals surface area contributed by atoms with Gasteiger partial charge >= 0.3 is 6.18 Å². The molecule has 0 radical (unpaired) electrons. The molecule has 3 rings (SSSR count). The summed E-state index contributed by atoms with van der Waals surface area (Å²) in [6.45, 7) is 1.35. The second-order valence-corrected chi connectivity index (χ2v) is 10.3. The van der Waals surface area contributed by atoms with Gasteiger partial charge in [-0.25, -0.2) is 8.42 Å². The summed E-state index contributed by atoms with van der Waals surface area (Å²) in [7, 11) is -3.60. The number of morpholine rings is 1. The van der Waals surface area contributed by atoms with Gasteiger partial charge in [0.25, 0.3) is 10.0 Å². The van der Waals surface area contributed by atoms with Gasteiger partial charge in [0.05, 0.1) is 30.3 Å². The molecule has 168 valence electrons. The van der Waals surface area contributed by atoms with Crippen molar-refractivity contribution < 1.29 is 31.1 Å². The van der Waals surface area contributed by atoms with Crippen LogP contribution in [0.1, 0.15) is 16.0 Å². The lowest BCUT2D eigenvalue weighted by molar-refractivity contribution is -0.137. The monoisotopic (exact) mass is 494 g/mol. The van der Waals surface area contributed by atoms with E-state index in [1.54, 1.807) is 6.07 Å². The Morgan fingerprint density at radius 3 is 2.61 bits per heavy atom. The van der Waals surface area contributed by atoms with Crippen molar-refractivity contribution in [3.05, 3.63) is 57.4 Å². The fourth-order valence-corrected chi connectivity index (χ4v) is 5.86. The Kier molecular flexibility index (Phi) is 7.43. The normalized spacial score (nSPS) is 16.0. The molecule has 0 aliphatic carbocycles. The standard InChI is InChI=1S/C19H18ClF3N2O4S2/c20-16-4-1-13(11-15(16)19(21,22)23)2-5-17(26)24-12-14-3-6-18(30-14)31(27,28)25-7-9-29-10-8-25/h1-6,11H,7-10,12H2,(H,24,26)/b5-2+. The molecule has 0 unspecified atom stereocenters. The molecule has 1 aliphatic heterocycles. The van der Waals surface area contributed by atoms with E-state index < -0.39 is 32.7 Å². The predicted molar refractivity (Wildman–Crippen MR) is 111 cm³/mol. The van der Waals surface area contributed by atoms with Crippen LogP contribution in [0.4, 0.5) is 13.2 Å². The van der Waals surface area contributed by atoms with Crippen molar-refractivity contribution in [2.75, 3.05) is 26.3 Å². The van der Waals surface area contributed by atoms with E-state index in [-0.39, 0.29) is 29.4 Å². The molecule has 1 amide bonds. The van der Waals surface area contributed by atoms with E-state index in [1.165, 1.54) is 22.5 Å². The number of carbonyl (C=O) groups is 1. The summed E-state index contributed by atoms with van der Waals surface area (Å²) in [6.07, 6.45) is -2.26. The smallest absolute Gasteiger partial charge is 0.379 e. The molecule has 2 heterocycles. The van der Waals surface area contributed by atoms with Crippen molar-refractivity contribution in [1.29, 1.82) is 0 Å². The Labute approximate surface area is 186 Å². The highest BCUT2D eigenvalue weighted by molar-refractivity contribution is 7.91. The number of hydrogen-bond acceptors (Lipinski definition) is 5. The molecular weight excluding hydrogens is 477 g/mol. The third-order valence-corrected chi connectivity index (χ3v) is 8.14. The number of rotatable bonds is 6. The Hall–Kier alpha value is -1.92. The molecule has 1 aromatic heterocycles. The Balaban J connectivity index is 1.59. The summed E-state index contributed by atoms with van der Waals surface area (Å²) in [5.74, 6) is -0.533. The number of carbonyl (C=O) groups excluding carboxylic acids is 1. The van der Waals surface area contributed by atoms with E-state index >= 15 is 0 Å². The molecule has 31 heavy (non-hydrogen) atoms. The van der Waals surface area contributed by atoms with Crippen molar-refractivity contribution in [1.82, 2.24) is 9.62 Å². The molecule has 0 saturated carbocycles. The lowest BCUT2D eigenvalue weighted by Crippen LogP contribution is -2.40. The molecule has 0 bridgehead atoms. The minimum absolute atomic E-state index is 0.0842. The second-order valence-electron chi connectivity index (χ2n) is 6.53. The largest absolute Gasteiger partial charge is 0.417 e. The first-order valence-electron chi connectivity index (χ1n) is 9.06. The number of amides is 1. The van der Waals surface area contributed by atoms with Gasteiger partial charge in [0.15, 0.2) is 0 Å². The summed E-state index contributed by atoms with van der Waals surface area (Å²) in [4.78, 5) is 12.6. The first-order chi connectivity index (χ1) is 14.6. The van der Waals surface area contributed by atoms with E-state index in [9.17, 15) is 26.4 Å². The lowest BCUT2D eigenvalue weighted by atomic mass is 10.1. The molecule has 1 saturated heterocycles. The number of benzene rings is 1. The number of sulfonamides is 1.